The average Bonchev–Trinajstić information content (AvgIpc) is 3.22. The number of benzene rings is 1. The SMILES string of the molecule is [B]C([B])([B])N1CCC(Nc2cncc(-c3cnn(-c4cc(C)c(F)cc4C)c3)c2)C(F)C1. The number of rotatable bonds is 5. The normalized spacial score (nSPS) is 19.8. The first-order valence-electron chi connectivity index (χ1n) is 10.4. The van der Waals surface area contributed by atoms with Crippen molar-refractivity contribution in [1.29, 1.82) is 0 Å². The Morgan fingerprint density at radius 1 is 1.06 bits per heavy atom. The van der Waals surface area contributed by atoms with E-state index < -0.39 is 17.5 Å². The first-order valence-corrected chi connectivity index (χ1v) is 10.4. The lowest BCUT2D eigenvalue weighted by Gasteiger charge is -2.44. The summed E-state index contributed by atoms with van der Waals surface area (Å²) in [6.07, 6.45) is 6.27. The number of nitrogens with one attached hydrogen (secondary N) is 1. The molecule has 3 aromatic rings. The number of anilines is 1. The summed E-state index contributed by atoms with van der Waals surface area (Å²) in [6, 6.07) is 4.76. The molecular weight excluding hydrogens is 405 g/mol. The van der Waals surface area contributed by atoms with Gasteiger partial charge in [-0.15, -0.1) is 0 Å². The number of likely N-dealkylation sites (tertiary alicyclic amines) is 1. The van der Waals surface area contributed by atoms with Gasteiger partial charge in [0.05, 0.1) is 47.2 Å². The summed E-state index contributed by atoms with van der Waals surface area (Å²) in [5.74, 6) is -0.242. The Morgan fingerprint density at radius 2 is 1.84 bits per heavy atom. The molecule has 0 amide bonds. The van der Waals surface area contributed by atoms with Gasteiger partial charge in [-0.05, 0) is 56.1 Å². The van der Waals surface area contributed by atoms with E-state index in [1.54, 1.807) is 36.3 Å². The fraction of sp³-hybridized carbons (Fsp3) is 0.364. The second-order valence-electron chi connectivity index (χ2n) is 8.41. The van der Waals surface area contributed by atoms with Gasteiger partial charge in [0, 0.05) is 36.3 Å². The summed E-state index contributed by atoms with van der Waals surface area (Å²) in [6.45, 7) is 4.10. The van der Waals surface area contributed by atoms with Gasteiger partial charge in [-0.2, -0.15) is 5.10 Å². The number of hydrogen-bond acceptors (Lipinski definition) is 4. The third-order valence-corrected chi connectivity index (χ3v) is 5.82. The molecule has 1 fully saturated rings. The van der Waals surface area contributed by atoms with Gasteiger partial charge < -0.3 is 10.2 Å². The van der Waals surface area contributed by atoms with Crippen LogP contribution < -0.4 is 5.32 Å². The maximum Gasteiger partial charge on any atom is 0.133 e. The quantitative estimate of drug-likeness (QED) is 0.637. The van der Waals surface area contributed by atoms with Crippen LogP contribution in [0.25, 0.3) is 16.8 Å². The molecule has 1 aromatic carbocycles. The van der Waals surface area contributed by atoms with Crippen LogP contribution in [-0.4, -0.2) is 73.7 Å². The van der Waals surface area contributed by atoms with Gasteiger partial charge in [-0.1, -0.05) is 5.24 Å². The molecule has 3 heterocycles. The number of piperidine rings is 1. The number of pyridine rings is 1. The summed E-state index contributed by atoms with van der Waals surface area (Å²) < 4.78 is 30.2. The minimum Gasteiger partial charge on any atom is -0.378 e. The van der Waals surface area contributed by atoms with Crippen LogP contribution >= 0.6 is 0 Å². The van der Waals surface area contributed by atoms with Gasteiger partial charge in [0.25, 0.3) is 0 Å². The van der Waals surface area contributed by atoms with E-state index in [2.05, 4.69) is 15.4 Å². The van der Waals surface area contributed by atoms with Crippen LogP contribution in [0.2, 0.25) is 0 Å². The third-order valence-electron chi connectivity index (χ3n) is 5.82. The van der Waals surface area contributed by atoms with Gasteiger partial charge in [0.2, 0.25) is 0 Å². The minimum absolute atomic E-state index is 0.0531. The molecule has 10 heteroatoms. The van der Waals surface area contributed by atoms with Crippen molar-refractivity contribution in [3.63, 3.8) is 0 Å². The molecule has 0 bridgehead atoms. The molecule has 6 radical (unpaired) electrons. The lowest BCUT2D eigenvalue weighted by molar-refractivity contribution is 0.124. The highest BCUT2D eigenvalue weighted by Gasteiger charge is 2.33. The van der Waals surface area contributed by atoms with Crippen molar-refractivity contribution in [1.82, 2.24) is 19.7 Å². The van der Waals surface area contributed by atoms with Crippen LogP contribution in [0.3, 0.4) is 0 Å². The van der Waals surface area contributed by atoms with Gasteiger partial charge >= 0.3 is 0 Å². The Labute approximate surface area is 190 Å². The molecule has 1 aliphatic rings. The zero-order chi connectivity index (χ0) is 23.0. The monoisotopic (exact) mass is 427 g/mol. The minimum atomic E-state index is -1.53. The van der Waals surface area contributed by atoms with E-state index in [4.69, 9.17) is 23.5 Å². The van der Waals surface area contributed by atoms with E-state index in [1.165, 1.54) is 11.0 Å². The molecule has 1 N–H and O–H groups in total. The molecule has 2 atom stereocenters. The maximum atomic E-state index is 14.7. The molecule has 2 unspecified atom stereocenters. The summed E-state index contributed by atoms with van der Waals surface area (Å²) in [4.78, 5) is 5.81. The summed E-state index contributed by atoms with van der Waals surface area (Å²) in [7, 11) is 17.0. The van der Waals surface area contributed by atoms with E-state index in [0.29, 0.717) is 24.2 Å². The van der Waals surface area contributed by atoms with Crippen molar-refractivity contribution in [2.24, 2.45) is 0 Å². The van der Waals surface area contributed by atoms with Crippen LogP contribution in [0.15, 0.2) is 43.0 Å². The molecule has 0 saturated carbocycles. The Hall–Kier alpha value is -2.61. The molecule has 1 aliphatic heterocycles. The van der Waals surface area contributed by atoms with Crippen LogP contribution in [0.1, 0.15) is 17.5 Å². The summed E-state index contributed by atoms with van der Waals surface area (Å²) >= 11 is 0. The number of alkyl halides is 1. The lowest BCUT2D eigenvalue weighted by Crippen LogP contribution is -2.58. The first-order chi connectivity index (χ1) is 15.1. The van der Waals surface area contributed by atoms with Crippen molar-refractivity contribution < 1.29 is 8.78 Å². The smallest absolute Gasteiger partial charge is 0.133 e. The van der Waals surface area contributed by atoms with Crippen molar-refractivity contribution in [2.45, 2.75) is 37.7 Å². The highest BCUT2D eigenvalue weighted by atomic mass is 19.1. The van der Waals surface area contributed by atoms with E-state index in [0.717, 1.165) is 22.4 Å². The standard InChI is InChI=1S/C22H22B3F2N5/c1-13-6-21(14(2)5-18(13)26)32-11-16(9-29-32)15-7-17(10-28-8-15)30-20-3-4-31(12-19(20)27)22(23,24)25/h5-11,19-20,30H,3-4,12H2,1-2H3. The number of hydrogen-bond donors (Lipinski definition) is 1. The van der Waals surface area contributed by atoms with Crippen LogP contribution in [0.5, 0.6) is 0 Å². The molecule has 2 aromatic heterocycles. The van der Waals surface area contributed by atoms with E-state index >= 15 is 0 Å². The Kier molecular flexibility index (Phi) is 6.16. The Morgan fingerprint density at radius 3 is 2.56 bits per heavy atom. The molecule has 5 nitrogen and oxygen atoms in total. The lowest BCUT2D eigenvalue weighted by atomic mass is 9.48. The van der Waals surface area contributed by atoms with Crippen LogP contribution in [0.4, 0.5) is 14.5 Å². The predicted molar refractivity (Wildman–Crippen MR) is 125 cm³/mol. The summed E-state index contributed by atoms with van der Waals surface area (Å²) in [5.41, 5.74) is 4.51. The predicted octanol–water partition coefficient (Wildman–Crippen LogP) is 2.63. The average molecular weight is 427 g/mol. The van der Waals surface area contributed by atoms with Crippen molar-refractivity contribution in [2.75, 3.05) is 18.4 Å². The first kappa shape index (κ1) is 22.6. The third kappa shape index (κ3) is 4.75. The zero-order valence-corrected chi connectivity index (χ0v) is 18.1. The van der Waals surface area contributed by atoms with Crippen molar-refractivity contribution in [3.05, 3.63) is 59.9 Å². The topological polar surface area (TPSA) is 46.0 Å². The zero-order valence-electron chi connectivity index (χ0n) is 18.1. The van der Waals surface area contributed by atoms with E-state index in [9.17, 15) is 8.78 Å². The highest BCUT2D eigenvalue weighted by molar-refractivity contribution is 6.59. The van der Waals surface area contributed by atoms with Gasteiger partial charge in [0.1, 0.15) is 12.0 Å². The number of nitrogens with zero attached hydrogens (tertiary/aromatic N) is 4. The van der Waals surface area contributed by atoms with Gasteiger partial charge in [-0.25, -0.2) is 13.5 Å². The Bertz CT molecular complexity index is 1120. The second kappa shape index (κ2) is 8.73. The molecule has 0 spiro atoms. The van der Waals surface area contributed by atoms with E-state index in [-0.39, 0.29) is 12.4 Å². The van der Waals surface area contributed by atoms with Gasteiger partial charge in [-0.3, -0.25) is 4.98 Å². The molecular formula is C22H22B3F2N5. The van der Waals surface area contributed by atoms with E-state index in [1.807, 2.05) is 19.2 Å². The Balaban J connectivity index is 1.50. The van der Waals surface area contributed by atoms with Crippen molar-refractivity contribution in [3.8, 4) is 16.8 Å². The number of aromatic nitrogens is 3. The van der Waals surface area contributed by atoms with Crippen LogP contribution in [0, 0.1) is 19.7 Å². The van der Waals surface area contributed by atoms with Crippen LogP contribution in [-0.2, 0) is 0 Å². The number of aryl methyl sites for hydroxylation is 2. The maximum absolute atomic E-state index is 14.7. The highest BCUT2D eigenvalue weighted by Crippen LogP contribution is 2.26. The molecule has 32 heavy (non-hydrogen) atoms. The largest absolute Gasteiger partial charge is 0.378 e. The van der Waals surface area contributed by atoms with Crippen molar-refractivity contribution >= 4 is 29.2 Å². The van der Waals surface area contributed by atoms with Gasteiger partial charge in [0.15, 0.2) is 0 Å². The molecule has 158 valence electrons. The molecule has 4 rings (SSSR count). The molecule has 0 aliphatic carbocycles. The fourth-order valence-corrected chi connectivity index (χ4v) is 3.93. The summed E-state index contributed by atoms with van der Waals surface area (Å²) in [5, 5.41) is 6.12. The second-order valence-corrected chi connectivity index (χ2v) is 8.41. The fourth-order valence-electron chi connectivity index (χ4n) is 3.93. The molecule has 1 saturated heterocycles. The number of halogens is 2.